The van der Waals surface area contributed by atoms with E-state index in [9.17, 15) is 0 Å². The van der Waals surface area contributed by atoms with Crippen molar-refractivity contribution in [1.82, 2.24) is 14.4 Å². The smallest absolute Gasteiger partial charge is 0.212 e. The summed E-state index contributed by atoms with van der Waals surface area (Å²) < 4.78 is 2.09. The zero-order valence-corrected chi connectivity index (χ0v) is 9.67. The van der Waals surface area contributed by atoms with E-state index in [0.717, 1.165) is 11.3 Å². The van der Waals surface area contributed by atoms with Gasteiger partial charge in [-0.2, -0.15) is 0 Å². The Kier molecular flexibility index (Phi) is 1.83. The van der Waals surface area contributed by atoms with E-state index in [1.165, 1.54) is 16.6 Å². The Morgan fingerprint density at radius 1 is 0.944 bits per heavy atom. The summed E-state index contributed by atoms with van der Waals surface area (Å²) in [6.07, 6.45) is 3.80. The van der Waals surface area contributed by atoms with Gasteiger partial charge in [0.15, 0.2) is 0 Å². The SMILES string of the molecule is c1ccc(-c2cccc3[nH]c4nccn4c23)cc1. The topological polar surface area (TPSA) is 33.1 Å². The third-order valence-electron chi connectivity index (χ3n) is 3.25. The fraction of sp³-hybridized carbons (Fsp3) is 0. The Morgan fingerprint density at radius 2 is 1.83 bits per heavy atom. The van der Waals surface area contributed by atoms with E-state index in [0.29, 0.717) is 0 Å². The lowest BCUT2D eigenvalue weighted by Gasteiger charge is -2.03. The van der Waals surface area contributed by atoms with Crippen LogP contribution in [-0.2, 0) is 0 Å². The van der Waals surface area contributed by atoms with Crippen LogP contribution in [0.5, 0.6) is 0 Å². The van der Waals surface area contributed by atoms with Crippen LogP contribution in [0.2, 0.25) is 0 Å². The van der Waals surface area contributed by atoms with E-state index >= 15 is 0 Å². The van der Waals surface area contributed by atoms with E-state index in [2.05, 4.69) is 56.8 Å². The average molecular weight is 233 g/mol. The normalized spacial score (nSPS) is 11.3. The van der Waals surface area contributed by atoms with E-state index in [1.54, 1.807) is 0 Å². The number of imidazole rings is 2. The summed E-state index contributed by atoms with van der Waals surface area (Å²) in [6, 6.07) is 16.7. The van der Waals surface area contributed by atoms with E-state index < -0.39 is 0 Å². The zero-order valence-electron chi connectivity index (χ0n) is 9.67. The number of para-hydroxylation sites is 1. The number of aromatic amines is 1. The number of rotatable bonds is 1. The predicted molar refractivity (Wildman–Crippen MR) is 72.5 cm³/mol. The average Bonchev–Trinajstić information content (AvgIpc) is 2.99. The second-order valence-corrected chi connectivity index (χ2v) is 4.31. The quantitative estimate of drug-likeness (QED) is 0.536. The van der Waals surface area contributed by atoms with Gasteiger partial charge in [0, 0.05) is 18.0 Å². The second kappa shape index (κ2) is 3.47. The molecule has 0 bridgehead atoms. The molecule has 3 heteroatoms. The van der Waals surface area contributed by atoms with Gasteiger partial charge in [-0.1, -0.05) is 42.5 Å². The fourth-order valence-electron chi connectivity index (χ4n) is 2.45. The van der Waals surface area contributed by atoms with Crippen molar-refractivity contribution in [2.75, 3.05) is 0 Å². The van der Waals surface area contributed by atoms with Gasteiger partial charge in [-0.15, -0.1) is 0 Å². The lowest BCUT2D eigenvalue weighted by Crippen LogP contribution is -1.83. The number of nitrogens with zero attached hydrogens (tertiary/aromatic N) is 2. The first-order valence-electron chi connectivity index (χ1n) is 5.93. The summed E-state index contributed by atoms with van der Waals surface area (Å²) in [5.74, 6) is 0.883. The van der Waals surface area contributed by atoms with E-state index in [1.807, 2.05) is 18.5 Å². The number of fused-ring (bicyclic) bond motifs is 3. The maximum Gasteiger partial charge on any atom is 0.212 e. The Morgan fingerprint density at radius 3 is 2.72 bits per heavy atom. The van der Waals surface area contributed by atoms with Crippen LogP contribution in [0.1, 0.15) is 0 Å². The Balaban J connectivity index is 2.16. The van der Waals surface area contributed by atoms with Gasteiger partial charge in [-0.05, 0) is 11.6 Å². The first-order chi connectivity index (χ1) is 8.93. The first-order valence-corrected chi connectivity index (χ1v) is 5.93. The zero-order chi connectivity index (χ0) is 11.9. The molecule has 2 heterocycles. The number of benzene rings is 2. The molecule has 0 saturated heterocycles. The van der Waals surface area contributed by atoms with Gasteiger partial charge < -0.3 is 4.98 Å². The summed E-state index contributed by atoms with van der Waals surface area (Å²) in [5, 5.41) is 0. The summed E-state index contributed by atoms with van der Waals surface area (Å²) >= 11 is 0. The predicted octanol–water partition coefficient (Wildman–Crippen LogP) is 3.48. The van der Waals surface area contributed by atoms with Crippen molar-refractivity contribution in [3.63, 3.8) is 0 Å². The van der Waals surface area contributed by atoms with Crippen molar-refractivity contribution in [3.05, 3.63) is 60.9 Å². The molecular formula is C15H11N3. The molecular weight excluding hydrogens is 222 g/mol. The van der Waals surface area contributed by atoms with Gasteiger partial charge in [0.25, 0.3) is 0 Å². The molecule has 4 aromatic rings. The molecule has 1 N–H and O–H groups in total. The highest BCUT2D eigenvalue weighted by Gasteiger charge is 2.09. The van der Waals surface area contributed by atoms with Gasteiger partial charge in [0.1, 0.15) is 0 Å². The molecule has 0 spiro atoms. The maximum absolute atomic E-state index is 4.30. The molecule has 0 aliphatic carbocycles. The molecule has 0 fully saturated rings. The summed E-state index contributed by atoms with van der Waals surface area (Å²) in [5.41, 5.74) is 4.73. The lowest BCUT2D eigenvalue weighted by atomic mass is 10.0. The molecule has 0 unspecified atom stereocenters. The van der Waals surface area contributed by atoms with Crippen molar-refractivity contribution in [3.8, 4) is 11.1 Å². The molecule has 3 nitrogen and oxygen atoms in total. The monoisotopic (exact) mass is 233 g/mol. The van der Waals surface area contributed by atoms with Crippen LogP contribution < -0.4 is 0 Å². The van der Waals surface area contributed by atoms with Crippen molar-refractivity contribution in [1.29, 1.82) is 0 Å². The van der Waals surface area contributed by atoms with Crippen molar-refractivity contribution in [2.45, 2.75) is 0 Å². The largest absolute Gasteiger partial charge is 0.323 e. The highest BCUT2D eigenvalue weighted by Crippen LogP contribution is 2.28. The van der Waals surface area contributed by atoms with Crippen molar-refractivity contribution < 1.29 is 0 Å². The van der Waals surface area contributed by atoms with Gasteiger partial charge in [-0.25, -0.2) is 4.98 Å². The standard InChI is InChI=1S/C15H11N3/c1-2-5-11(6-3-1)12-7-4-8-13-14(12)18-10-9-16-15(18)17-13/h1-10H,(H,16,17). The van der Waals surface area contributed by atoms with Crippen molar-refractivity contribution >= 4 is 16.8 Å². The van der Waals surface area contributed by atoms with Crippen LogP contribution >= 0.6 is 0 Å². The van der Waals surface area contributed by atoms with E-state index in [-0.39, 0.29) is 0 Å². The molecule has 4 rings (SSSR count). The van der Waals surface area contributed by atoms with Gasteiger partial charge >= 0.3 is 0 Å². The minimum absolute atomic E-state index is 0.883. The minimum atomic E-state index is 0.883. The highest BCUT2D eigenvalue weighted by atomic mass is 15.1. The van der Waals surface area contributed by atoms with Crippen LogP contribution in [0.3, 0.4) is 0 Å². The molecule has 0 aliphatic heterocycles. The Bertz CT molecular complexity index is 825. The molecule has 0 amide bonds. The van der Waals surface area contributed by atoms with E-state index in [4.69, 9.17) is 0 Å². The molecule has 0 atom stereocenters. The van der Waals surface area contributed by atoms with Gasteiger partial charge in [-0.3, -0.25) is 4.40 Å². The van der Waals surface area contributed by atoms with Gasteiger partial charge in [0.05, 0.1) is 11.0 Å². The Hall–Kier alpha value is -2.55. The van der Waals surface area contributed by atoms with Crippen LogP contribution in [0.15, 0.2) is 60.9 Å². The third-order valence-corrected chi connectivity index (χ3v) is 3.25. The molecule has 2 aromatic heterocycles. The van der Waals surface area contributed by atoms with Gasteiger partial charge in [0.2, 0.25) is 5.78 Å². The van der Waals surface area contributed by atoms with Crippen LogP contribution in [-0.4, -0.2) is 14.4 Å². The molecule has 0 radical (unpaired) electrons. The highest BCUT2D eigenvalue weighted by molar-refractivity contribution is 5.94. The van der Waals surface area contributed by atoms with Crippen molar-refractivity contribution in [2.24, 2.45) is 0 Å². The molecule has 18 heavy (non-hydrogen) atoms. The number of H-pyrrole nitrogens is 1. The van der Waals surface area contributed by atoms with Crippen LogP contribution in [0, 0.1) is 0 Å². The first kappa shape index (κ1) is 9.48. The number of nitrogens with one attached hydrogen (secondary N) is 1. The Labute approximate surface area is 104 Å². The lowest BCUT2D eigenvalue weighted by molar-refractivity contribution is 1.25. The minimum Gasteiger partial charge on any atom is -0.323 e. The third kappa shape index (κ3) is 1.21. The number of hydrogen-bond acceptors (Lipinski definition) is 1. The summed E-state index contributed by atoms with van der Waals surface area (Å²) in [7, 11) is 0. The molecule has 2 aromatic carbocycles. The molecule has 0 saturated carbocycles. The number of hydrogen-bond donors (Lipinski definition) is 1. The second-order valence-electron chi connectivity index (χ2n) is 4.31. The summed E-state index contributed by atoms with van der Waals surface area (Å²) in [6.45, 7) is 0. The fourth-order valence-corrected chi connectivity index (χ4v) is 2.45. The number of aromatic nitrogens is 3. The van der Waals surface area contributed by atoms with Crippen LogP contribution in [0.4, 0.5) is 0 Å². The summed E-state index contributed by atoms with van der Waals surface area (Å²) in [4.78, 5) is 7.62. The van der Waals surface area contributed by atoms with Crippen LogP contribution in [0.25, 0.3) is 27.9 Å². The maximum atomic E-state index is 4.30. The molecule has 86 valence electrons. The molecule has 0 aliphatic rings.